The average Bonchev–Trinajstić information content (AvgIpc) is 3.63. The van der Waals surface area contributed by atoms with Gasteiger partial charge in [-0.05, 0) is 77.8 Å². The van der Waals surface area contributed by atoms with Gasteiger partial charge in [-0.2, -0.15) is 9.55 Å². The van der Waals surface area contributed by atoms with Crippen LogP contribution in [-0.2, 0) is 29.6 Å². The van der Waals surface area contributed by atoms with Gasteiger partial charge in [-0.15, -0.1) is 0 Å². The second-order valence-electron chi connectivity index (χ2n) is 19.7. The van der Waals surface area contributed by atoms with Crippen LogP contribution in [-0.4, -0.2) is 82.9 Å². The van der Waals surface area contributed by atoms with Gasteiger partial charge in [0.05, 0.1) is 30.5 Å². The molecule has 2 aromatic heterocycles. The highest BCUT2D eigenvalue weighted by molar-refractivity contribution is 6.74. The Balaban J connectivity index is 1.94. The predicted octanol–water partition coefficient (Wildman–Crippen LogP) is 8.93. The first-order valence-corrected chi connectivity index (χ1v) is 25.1. The van der Waals surface area contributed by atoms with E-state index in [1.807, 2.05) is 0 Å². The third-order valence-corrected chi connectivity index (χ3v) is 19.7. The molecule has 3 heterocycles. The highest BCUT2D eigenvalue weighted by atomic mass is 28.4. The van der Waals surface area contributed by atoms with E-state index in [0.29, 0.717) is 11.0 Å². The predicted molar refractivity (Wildman–Crippen MR) is 223 cm³/mol. The molecule has 57 heavy (non-hydrogen) atoms. The molecule has 0 aliphatic carbocycles. The number of fused-ring (bicyclic) bond motifs is 1. The minimum Gasteiger partial charge on any atom is -0.443 e. The zero-order valence-corrected chi connectivity index (χ0v) is 38.5. The lowest BCUT2D eigenvalue weighted by Gasteiger charge is -2.40. The van der Waals surface area contributed by atoms with Crippen LogP contribution >= 0.6 is 0 Å². The zero-order valence-electron chi connectivity index (χ0n) is 36.5. The lowest BCUT2D eigenvalue weighted by Crippen LogP contribution is -2.48. The fraction of sp³-hybridized carbons (Fsp3) is 0.667. The Hall–Kier alpha value is -3.98. The van der Waals surface area contributed by atoms with Crippen molar-refractivity contribution in [3.63, 3.8) is 0 Å². The van der Waals surface area contributed by atoms with E-state index in [4.69, 9.17) is 28.0 Å². The van der Waals surface area contributed by atoms with Crippen LogP contribution in [0.5, 0.6) is 0 Å². The molecule has 0 N–H and O–H groups in total. The number of aromatic nitrogens is 4. The third-order valence-electron chi connectivity index (χ3n) is 10.7. The number of nitro benzene ring substituents is 1. The summed E-state index contributed by atoms with van der Waals surface area (Å²) in [6, 6.07) is 5.83. The van der Waals surface area contributed by atoms with Gasteiger partial charge in [0.1, 0.15) is 23.5 Å². The largest absolute Gasteiger partial charge is 0.443 e. The Kier molecular flexibility index (Phi) is 12.8. The van der Waals surface area contributed by atoms with E-state index in [1.54, 1.807) is 52.2 Å². The number of nitro groups is 1. The van der Waals surface area contributed by atoms with Crippen molar-refractivity contribution in [1.29, 1.82) is 0 Å². The Bertz CT molecular complexity index is 2040. The third kappa shape index (κ3) is 10.6. The van der Waals surface area contributed by atoms with Crippen LogP contribution < -0.4 is 10.5 Å². The number of para-hydroxylation sites is 1. The standard InChI is InChI=1S/C39H62N6O10Si2/c1-36(2,3)53-34(47)42(22-25-19-17-18-20-26(25)45(49)50)33-41-31-30(32(46)44(33)35(48)54-37(4,5)6)40-24-43(31)29-21-27(55-57(15,16)39(10,11)12)28(52-29)23-51-56(13,14)38(7,8)9/h17-20,24,27-29H,21-23H2,1-16H3/t27-,28-,29-/m1/s1. The summed E-state index contributed by atoms with van der Waals surface area (Å²) in [4.78, 5) is 64.1. The SMILES string of the molecule is CC(C)(C)OC(=O)N(Cc1ccccc1[N+](=O)[O-])c1nc2c(ncn2[C@H]2C[C@@H](O[Si](C)(C)C(C)(C)C)[C@@H](CO[Si](C)(C)C(C)(C)C)O2)c(=O)n1C(=O)OC(C)(C)C. The molecule has 0 unspecified atom stereocenters. The van der Waals surface area contributed by atoms with E-state index >= 15 is 0 Å². The Morgan fingerprint density at radius 1 is 0.930 bits per heavy atom. The van der Waals surface area contributed by atoms with Crippen molar-refractivity contribution in [2.24, 2.45) is 0 Å². The maximum atomic E-state index is 14.5. The molecule has 0 saturated carbocycles. The summed E-state index contributed by atoms with van der Waals surface area (Å²) in [7, 11) is -4.52. The molecule has 4 rings (SSSR count). The van der Waals surface area contributed by atoms with E-state index in [9.17, 15) is 24.5 Å². The number of carbonyl (C=O) groups is 2. The second kappa shape index (κ2) is 16.0. The number of rotatable bonds is 10. The van der Waals surface area contributed by atoms with Crippen LogP contribution in [0.2, 0.25) is 36.3 Å². The molecular weight excluding hydrogens is 769 g/mol. The van der Waals surface area contributed by atoms with Gasteiger partial charge in [0.25, 0.3) is 11.2 Å². The average molecular weight is 831 g/mol. The zero-order chi connectivity index (χ0) is 43.3. The van der Waals surface area contributed by atoms with Gasteiger partial charge in [0, 0.05) is 18.1 Å². The fourth-order valence-electron chi connectivity index (χ4n) is 5.56. The molecule has 1 aromatic carbocycles. The molecule has 16 nitrogen and oxygen atoms in total. The van der Waals surface area contributed by atoms with Crippen LogP contribution in [0.1, 0.15) is 101 Å². The van der Waals surface area contributed by atoms with Crippen LogP contribution in [0.25, 0.3) is 11.2 Å². The number of benzene rings is 1. The lowest BCUT2D eigenvalue weighted by atomic mass is 10.1. The first-order chi connectivity index (χ1) is 25.8. The van der Waals surface area contributed by atoms with E-state index < -0.39 is 75.3 Å². The fourth-order valence-corrected chi connectivity index (χ4v) is 7.93. The number of imidazole rings is 1. The van der Waals surface area contributed by atoms with Crippen molar-refractivity contribution in [2.75, 3.05) is 11.5 Å². The van der Waals surface area contributed by atoms with Crippen LogP contribution in [0, 0.1) is 10.1 Å². The van der Waals surface area contributed by atoms with Crippen molar-refractivity contribution in [1.82, 2.24) is 19.1 Å². The molecule has 1 aliphatic rings. The lowest BCUT2D eigenvalue weighted by molar-refractivity contribution is -0.385. The van der Waals surface area contributed by atoms with Crippen molar-refractivity contribution < 1.29 is 37.6 Å². The molecule has 0 bridgehead atoms. The van der Waals surface area contributed by atoms with Gasteiger partial charge in [-0.1, -0.05) is 59.7 Å². The van der Waals surface area contributed by atoms with E-state index in [1.165, 1.54) is 24.5 Å². The summed E-state index contributed by atoms with van der Waals surface area (Å²) in [5.74, 6) is -0.485. The Morgan fingerprint density at radius 3 is 2.05 bits per heavy atom. The Labute approximate surface area is 337 Å². The number of amides is 1. The molecule has 1 amide bonds. The maximum absolute atomic E-state index is 14.5. The molecule has 0 radical (unpaired) electrons. The van der Waals surface area contributed by atoms with Crippen molar-refractivity contribution in [3.8, 4) is 0 Å². The number of hydrogen-bond donors (Lipinski definition) is 0. The van der Waals surface area contributed by atoms with E-state index in [2.05, 4.69) is 72.7 Å². The molecule has 1 aliphatic heterocycles. The number of ether oxygens (including phenoxy) is 3. The molecular formula is C39H62N6O10Si2. The van der Waals surface area contributed by atoms with Crippen LogP contribution in [0.3, 0.4) is 0 Å². The molecule has 1 saturated heterocycles. The molecule has 3 aromatic rings. The minimum absolute atomic E-state index is 0.00738. The monoisotopic (exact) mass is 830 g/mol. The van der Waals surface area contributed by atoms with Gasteiger partial charge in [0.2, 0.25) is 5.95 Å². The summed E-state index contributed by atoms with van der Waals surface area (Å²) >= 11 is 0. The van der Waals surface area contributed by atoms with Gasteiger partial charge < -0.3 is 23.1 Å². The van der Waals surface area contributed by atoms with Gasteiger partial charge >= 0.3 is 12.2 Å². The topological polar surface area (TPSA) is 179 Å². The number of carbonyl (C=O) groups excluding carboxylic acids is 2. The number of nitrogens with zero attached hydrogens (tertiary/aromatic N) is 6. The molecule has 316 valence electrons. The smallest absolute Gasteiger partial charge is 0.424 e. The van der Waals surface area contributed by atoms with Gasteiger partial charge in [0.15, 0.2) is 27.8 Å². The van der Waals surface area contributed by atoms with Crippen molar-refractivity contribution >= 4 is 51.6 Å². The van der Waals surface area contributed by atoms with E-state index in [0.717, 1.165) is 4.90 Å². The summed E-state index contributed by atoms with van der Waals surface area (Å²) in [5, 5.41) is 11.9. The maximum Gasteiger partial charge on any atom is 0.424 e. The minimum atomic E-state index is -2.32. The Morgan fingerprint density at radius 2 is 1.51 bits per heavy atom. The molecule has 18 heteroatoms. The molecule has 3 atom stereocenters. The molecule has 0 spiro atoms. The number of anilines is 1. The molecule has 1 fully saturated rings. The van der Waals surface area contributed by atoms with Crippen molar-refractivity contribution in [2.45, 2.75) is 162 Å². The number of hydrogen-bond acceptors (Lipinski definition) is 12. The highest BCUT2D eigenvalue weighted by Crippen LogP contribution is 2.43. The highest BCUT2D eigenvalue weighted by Gasteiger charge is 2.47. The first kappa shape index (κ1) is 45.7. The first-order valence-electron chi connectivity index (χ1n) is 19.3. The summed E-state index contributed by atoms with van der Waals surface area (Å²) in [6.45, 7) is 31.3. The summed E-state index contributed by atoms with van der Waals surface area (Å²) in [6.07, 6.45) is -1.97. The summed E-state index contributed by atoms with van der Waals surface area (Å²) < 4.78 is 33.9. The summed E-state index contributed by atoms with van der Waals surface area (Å²) in [5.41, 5.74) is -3.40. The van der Waals surface area contributed by atoms with E-state index in [-0.39, 0.29) is 45.2 Å². The van der Waals surface area contributed by atoms with Gasteiger partial charge in [-0.25, -0.2) is 19.5 Å². The second-order valence-corrected chi connectivity index (χ2v) is 29.2. The quantitative estimate of drug-likeness (QED) is 0.108. The van der Waals surface area contributed by atoms with Crippen LogP contribution in [0.4, 0.5) is 21.2 Å². The van der Waals surface area contributed by atoms with Crippen LogP contribution in [0.15, 0.2) is 35.4 Å². The normalized spacial score (nSPS) is 18.5. The van der Waals surface area contributed by atoms with Crippen molar-refractivity contribution in [3.05, 3.63) is 56.6 Å². The van der Waals surface area contributed by atoms with Gasteiger partial charge in [-0.3, -0.25) is 19.5 Å².